The molecule has 1 fully saturated rings. The summed E-state index contributed by atoms with van der Waals surface area (Å²) in [6, 6.07) is 8.00. The number of aliphatic hydroxyl groups is 2. The van der Waals surface area contributed by atoms with Gasteiger partial charge in [0.2, 0.25) is 0 Å². The van der Waals surface area contributed by atoms with Crippen LogP contribution in [0.4, 0.5) is 0 Å². The summed E-state index contributed by atoms with van der Waals surface area (Å²) in [7, 11) is 0. The van der Waals surface area contributed by atoms with Crippen molar-refractivity contribution in [1.29, 1.82) is 0 Å². The molecule has 0 bridgehead atoms. The summed E-state index contributed by atoms with van der Waals surface area (Å²) in [4.78, 5) is 0. The van der Waals surface area contributed by atoms with Gasteiger partial charge in [-0.15, -0.1) is 0 Å². The highest BCUT2D eigenvalue weighted by Gasteiger charge is 2.47. The first kappa shape index (κ1) is 11.2. The maximum Gasteiger partial charge on any atom is 0.199 e. The summed E-state index contributed by atoms with van der Waals surface area (Å²) in [5.74, 6) is -0.965. The third kappa shape index (κ3) is 1.87. The molecule has 0 unspecified atom stereocenters. The Kier molecular flexibility index (Phi) is 2.67. The lowest BCUT2D eigenvalue weighted by atomic mass is 9.89. The van der Waals surface area contributed by atoms with Gasteiger partial charge < -0.3 is 19.7 Å². The molecule has 4 heteroatoms. The number of ether oxygens (including phenoxy) is 2. The van der Waals surface area contributed by atoms with E-state index in [1.807, 2.05) is 24.3 Å². The summed E-state index contributed by atoms with van der Waals surface area (Å²) < 4.78 is 11.3. The average molecular weight is 236 g/mol. The molecule has 0 saturated carbocycles. The van der Waals surface area contributed by atoms with Crippen LogP contribution in [0.15, 0.2) is 24.3 Å². The molecule has 0 aliphatic carbocycles. The van der Waals surface area contributed by atoms with Crippen LogP contribution in [0.1, 0.15) is 17.5 Å². The molecule has 4 nitrogen and oxygen atoms in total. The molecule has 1 aromatic carbocycles. The van der Waals surface area contributed by atoms with Crippen LogP contribution < -0.4 is 0 Å². The zero-order valence-electron chi connectivity index (χ0n) is 9.50. The van der Waals surface area contributed by atoms with E-state index in [9.17, 15) is 10.2 Å². The van der Waals surface area contributed by atoms with Crippen LogP contribution in [0.2, 0.25) is 0 Å². The van der Waals surface area contributed by atoms with E-state index < -0.39 is 18.0 Å². The van der Waals surface area contributed by atoms with Crippen molar-refractivity contribution in [2.75, 3.05) is 6.61 Å². The molecule has 0 amide bonds. The SMILES string of the molecule is O[C@@H]1CO[C@]2(Cc3ccccc3CO2)[C@@H](O)C1. The van der Waals surface area contributed by atoms with E-state index in [-0.39, 0.29) is 6.61 Å². The zero-order chi connectivity index (χ0) is 11.9. The summed E-state index contributed by atoms with van der Waals surface area (Å²) in [6.07, 6.45) is -0.532. The maximum absolute atomic E-state index is 10.1. The summed E-state index contributed by atoms with van der Waals surface area (Å²) in [5, 5.41) is 19.5. The highest BCUT2D eigenvalue weighted by molar-refractivity contribution is 5.29. The fraction of sp³-hybridized carbons (Fsp3) is 0.538. The van der Waals surface area contributed by atoms with E-state index in [1.165, 1.54) is 0 Å². The normalized spacial score (nSPS) is 36.8. The summed E-state index contributed by atoms with van der Waals surface area (Å²) in [6.45, 7) is 0.669. The first-order chi connectivity index (χ1) is 8.20. The predicted octanol–water partition coefficient (Wildman–Crippen LogP) is 0.598. The van der Waals surface area contributed by atoms with Crippen molar-refractivity contribution < 1.29 is 19.7 Å². The first-order valence-electron chi connectivity index (χ1n) is 5.90. The van der Waals surface area contributed by atoms with Crippen molar-refractivity contribution in [3.8, 4) is 0 Å². The van der Waals surface area contributed by atoms with Crippen molar-refractivity contribution >= 4 is 0 Å². The first-order valence-corrected chi connectivity index (χ1v) is 5.90. The highest BCUT2D eigenvalue weighted by Crippen LogP contribution is 2.36. The smallest absolute Gasteiger partial charge is 0.199 e. The molecule has 17 heavy (non-hydrogen) atoms. The molecular formula is C13H16O4. The average Bonchev–Trinajstić information content (AvgIpc) is 2.35. The molecule has 1 spiro atoms. The predicted molar refractivity (Wildman–Crippen MR) is 60.2 cm³/mol. The molecular weight excluding hydrogens is 220 g/mol. The lowest BCUT2D eigenvalue weighted by Crippen LogP contribution is -2.56. The lowest BCUT2D eigenvalue weighted by Gasteiger charge is -2.45. The van der Waals surface area contributed by atoms with Gasteiger partial charge >= 0.3 is 0 Å². The number of benzene rings is 1. The van der Waals surface area contributed by atoms with Crippen molar-refractivity contribution in [2.45, 2.75) is 37.4 Å². The van der Waals surface area contributed by atoms with E-state index in [1.54, 1.807) is 0 Å². The Morgan fingerprint density at radius 3 is 2.65 bits per heavy atom. The largest absolute Gasteiger partial charge is 0.391 e. The second-order valence-electron chi connectivity index (χ2n) is 4.76. The third-order valence-electron chi connectivity index (χ3n) is 3.55. The second-order valence-corrected chi connectivity index (χ2v) is 4.76. The van der Waals surface area contributed by atoms with E-state index in [0.29, 0.717) is 19.4 Å². The quantitative estimate of drug-likeness (QED) is 0.692. The van der Waals surface area contributed by atoms with Gasteiger partial charge in [-0.1, -0.05) is 24.3 Å². The van der Waals surface area contributed by atoms with E-state index >= 15 is 0 Å². The molecule has 92 valence electrons. The van der Waals surface area contributed by atoms with Gasteiger partial charge in [0.05, 0.1) is 19.3 Å². The Morgan fingerprint density at radius 1 is 1.12 bits per heavy atom. The van der Waals surface area contributed by atoms with Gasteiger partial charge in [0, 0.05) is 12.8 Å². The van der Waals surface area contributed by atoms with Gasteiger partial charge in [-0.25, -0.2) is 0 Å². The molecule has 1 aromatic rings. The Balaban J connectivity index is 1.87. The number of fused-ring (bicyclic) bond motifs is 1. The van der Waals surface area contributed by atoms with Crippen LogP contribution in [0.5, 0.6) is 0 Å². The Bertz CT molecular complexity index is 420. The standard InChI is InChI=1S/C13H16O4/c14-11-5-12(15)13(17-8-11)6-9-3-1-2-4-10(9)7-16-13/h1-4,11-12,14-15H,5-8H2/t11-,12-,13+/m0/s1. The van der Waals surface area contributed by atoms with Crippen molar-refractivity contribution in [3.63, 3.8) is 0 Å². The number of hydrogen-bond acceptors (Lipinski definition) is 4. The monoisotopic (exact) mass is 236 g/mol. The van der Waals surface area contributed by atoms with E-state index in [0.717, 1.165) is 11.1 Å². The van der Waals surface area contributed by atoms with Gasteiger partial charge in [0.1, 0.15) is 6.10 Å². The fourth-order valence-corrected chi connectivity index (χ4v) is 2.53. The molecule has 3 rings (SSSR count). The van der Waals surface area contributed by atoms with Crippen LogP contribution in [0, 0.1) is 0 Å². The third-order valence-corrected chi connectivity index (χ3v) is 3.55. The molecule has 1 saturated heterocycles. The number of rotatable bonds is 0. The van der Waals surface area contributed by atoms with E-state index in [2.05, 4.69) is 0 Å². The van der Waals surface area contributed by atoms with Crippen LogP contribution in [-0.4, -0.2) is 34.8 Å². The van der Waals surface area contributed by atoms with Gasteiger partial charge in [-0.05, 0) is 11.1 Å². The molecule has 0 aromatic heterocycles. The maximum atomic E-state index is 10.1. The molecule has 2 N–H and O–H groups in total. The van der Waals surface area contributed by atoms with Crippen LogP contribution in [0.25, 0.3) is 0 Å². The van der Waals surface area contributed by atoms with Gasteiger partial charge in [-0.3, -0.25) is 0 Å². The number of hydrogen-bond donors (Lipinski definition) is 2. The van der Waals surface area contributed by atoms with Gasteiger partial charge in [-0.2, -0.15) is 0 Å². The van der Waals surface area contributed by atoms with Gasteiger partial charge in [0.25, 0.3) is 0 Å². The Hall–Kier alpha value is -0.940. The van der Waals surface area contributed by atoms with Crippen LogP contribution in [-0.2, 0) is 22.5 Å². The minimum absolute atomic E-state index is 0.221. The summed E-state index contributed by atoms with van der Waals surface area (Å²) >= 11 is 0. The molecule has 2 heterocycles. The van der Waals surface area contributed by atoms with Gasteiger partial charge in [0.15, 0.2) is 5.79 Å². The number of aliphatic hydroxyl groups excluding tert-OH is 2. The van der Waals surface area contributed by atoms with Crippen LogP contribution >= 0.6 is 0 Å². The van der Waals surface area contributed by atoms with Crippen molar-refractivity contribution in [3.05, 3.63) is 35.4 Å². The summed E-state index contributed by atoms with van der Waals surface area (Å²) in [5.41, 5.74) is 2.29. The van der Waals surface area contributed by atoms with Crippen LogP contribution in [0.3, 0.4) is 0 Å². The van der Waals surface area contributed by atoms with Crippen molar-refractivity contribution in [2.24, 2.45) is 0 Å². The Labute approximate surface area is 99.8 Å². The molecule has 2 aliphatic rings. The Morgan fingerprint density at radius 2 is 1.88 bits per heavy atom. The molecule has 0 radical (unpaired) electrons. The fourth-order valence-electron chi connectivity index (χ4n) is 2.53. The molecule has 2 aliphatic heterocycles. The minimum atomic E-state index is -0.965. The lowest BCUT2D eigenvalue weighted by molar-refractivity contribution is -0.323. The van der Waals surface area contributed by atoms with E-state index in [4.69, 9.17) is 9.47 Å². The second kappa shape index (κ2) is 4.07. The highest BCUT2D eigenvalue weighted by atomic mass is 16.7. The topological polar surface area (TPSA) is 58.9 Å². The van der Waals surface area contributed by atoms with Crippen molar-refractivity contribution in [1.82, 2.24) is 0 Å². The minimum Gasteiger partial charge on any atom is -0.391 e. The molecule has 3 atom stereocenters. The zero-order valence-corrected chi connectivity index (χ0v) is 9.50.